The van der Waals surface area contributed by atoms with Gasteiger partial charge in [0.05, 0.1) is 19.8 Å². The molecule has 19 heavy (non-hydrogen) atoms. The number of carbonyl (C=O) groups is 1. The van der Waals surface area contributed by atoms with Crippen molar-refractivity contribution in [2.75, 3.05) is 20.8 Å². The lowest BCUT2D eigenvalue weighted by Gasteiger charge is -2.27. The van der Waals surface area contributed by atoms with Crippen LogP contribution in [-0.2, 0) is 0 Å². The maximum Gasteiger partial charge on any atom is 0.172 e. The van der Waals surface area contributed by atoms with Crippen molar-refractivity contribution in [3.05, 3.63) is 21.7 Å². The molecule has 0 spiro atoms. The zero-order valence-corrected chi connectivity index (χ0v) is 12.7. The van der Waals surface area contributed by atoms with E-state index in [-0.39, 0.29) is 6.04 Å². The molecule has 0 amide bonds. The molecule has 0 saturated carbocycles. The van der Waals surface area contributed by atoms with Crippen LogP contribution in [0, 0.1) is 0 Å². The summed E-state index contributed by atoms with van der Waals surface area (Å²) in [5, 5.41) is 3.48. The van der Waals surface area contributed by atoms with Crippen LogP contribution in [0.15, 0.2) is 10.5 Å². The lowest BCUT2D eigenvalue weighted by Crippen LogP contribution is -2.27. The summed E-state index contributed by atoms with van der Waals surface area (Å²) in [6.07, 6.45) is 4.23. The Hall–Kier alpha value is -1.07. The van der Waals surface area contributed by atoms with Gasteiger partial charge < -0.3 is 14.8 Å². The van der Waals surface area contributed by atoms with Crippen LogP contribution >= 0.6 is 15.9 Å². The highest BCUT2D eigenvalue weighted by Gasteiger charge is 2.24. The summed E-state index contributed by atoms with van der Waals surface area (Å²) in [6, 6.07) is 2.20. The summed E-state index contributed by atoms with van der Waals surface area (Å²) in [5.41, 5.74) is 1.52. The second-order valence-electron chi connectivity index (χ2n) is 4.55. The van der Waals surface area contributed by atoms with Gasteiger partial charge in [-0.2, -0.15) is 0 Å². The zero-order valence-electron chi connectivity index (χ0n) is 11.2. The summed E-state index contributed by atoms with van der Waals surface area (Å²) in [6.45, 7) is 1.00. The van der Waals surface area contributed by atoms with Crippen molar-refractivity contribution >= 4 is 22.2 Å². The number of hydrogen-bond acceptors (Lipinski definition) is 4. The van der Waals surface area contributed by atoms with Crippen LogP contribution in [0.25, 0.3) is 0 Å². The third kappa shape index (κ3) is 2.77. The summed E-state index contributed by atoms with van der Waals surface area (Å²) in [5.74, 6) is 1.14. The van der Waals surface area contributed by atoms with Gasteiger partial charge in [-0.05, 0) is 41.4 Å². The number of methoxy groups -OCH3 is 2. The molecule has 1 unspecified atom stereocenters. The first-order valence-corrected chi connectivity index (χ1v) is 7.15. The molecule has 1 aromatic carbocycles. The number of carbonyl (C=O) groups excluding carboxylic acids is 1. The Kier molecular flexibility index (Phi) is 4.82. The minimum atomic E-state index is 0.245. The molecule has 2 rings (SSSR count). The maximum atomic E-state index is 11.2. The van der Waals surface area contributed by atoms with Crippen LogP contribution < -0.4 is 14.8 Å². The summed E-state index contributed by atoms with van der Waals surface area (Å²) >= 11 is 3.43. The monoisotopic (exact) mass is 327 g/mol. The highest BCUT2D eigenvalue weighted by atomic mass is 79.9. The predicted molar refractivity (Wildman–Crippen MR) is 77.2 cm³/mol. The Balaban J connectivity index is 2.53. The number of rotatable bonds is 4. The number of halogens is 1. The van der Waals surface area contributed by atoms with E-state index in [0.717, 1.165) is 29.3 Å². The third-order valence-electron chi connectivity index (χ3n) is 3.46. The lowest BCUT2D eigenvalue weighted by molar-refractivity contribution is 0.111. The van der Waals surface area contributed by atoms with Gasteiger partial charge in [-0.1, -0.05) is 6.42 Å². The molecule has 1 saturated heterocycles. The minimum absolute atomic E-state index is 0.245. The minimum Gasteiger partial charge on any atom is -0.492 e. The van der Waals surface area contributed by atoms with Crippen molar-refractivity contribution in [2.24, 2.45) is 0 Å². The van der Waals surface area contributed by atoms with E-state index in [1.807, 2.05) is 6.07 Å². The second kappa shape index (κ2) is 6.39. The van der Waals surface area contributed by atoms with E-state index >= 15 is 0 Å². The molecule has 0 bridgehead atoms. The van der Waals surface area contributed by atoms with E-state index in [4.69, 9.17) is 9.47 Å². The summed E-state index contributed by atoms with van der Waals surface area (Å²) in [7, 11) is 3.15. The molecule has 104 valence electrons. The molecule has 5 heteroatoms. The van der Waals surface area contributed by atoms with E-state index in [2.05, 4.69) is 21.2 Å². The Labute approximate surface area is 121 Å². The Morgan fingerprint density at radius 2 is 2.05 bits per heavy atom. The second-order valence-corrected chi connectivity index (χ2v) is 5.40. The molecule has 0 aromatic heterocycles. The Morgan fingerprint density at radius 1 is 1.32 bits per heavy atom. The first-order valence-electron chi connectivity index (χ1n) is 6.35. The highest BCUT2D eigenvalue weighted by molar-refractivity contribution is 9.10. The van der Waals surface area contributed by atoms with Gasteiger partial charge in [0.2, 0.25) is 0 Å². The molecule has 1 atom stereocenters. The van der Waals surface area contributed by atoms with Crippen LogP contribution in [-0.4, -0.2) is 27.1 Å². The summed E-state index contributed by atoms with van der Waals surface area (Å²) in [4.78, 5) is 11.2. The lowest BCUT2D eigenvalue weighted by atomic mass is 9.95. The predicted octanol–water partition coefficient (Wildman–Crippen LogP) is 3.09. The van der Waals surface area contributed by atoms with Crippen LogP contribution in [0.1, 0.15) is 41.2 Å². The van der Waals surface area contributed by atoms with Gasteiger partial charge in [0.25, 0.3) is 0 Å². The van der Waals surface area contributed by atoms with Gasteiger partial charge in [-0.25, -0.2) is 0 Å². The fraction of sp³-hybridized carbons (Fsp3) is 0.500. The fourth-order valence-corrected chi connectivity index (χ4v) is 3.06. The van der Waals surface area contributed by atoms with E-state index in [1.165, 1.54) is 12.8 Å². The van der Waals surface area contributed by atoms with Crippen molar-refractivity contribution in [3.63, 3.8) is 0 Å². The number of nitrogens with one attached hydrogen (secondary N) is 1. The quantitative estimate of drug-likeness (QED) is 0.863. The molecule has 1 aliphatic heterocycles. The molecule has 1 heterocycles. The number of ether oxygens (including phenoxy) is 2. The topological polar surface area (TPSA) is 47.6 Å². The third-order valence-corrected chi connectivity index (χ3v) is 4.12. The largest absolute Gasteiger partial charge is 0.492 e. The Morgan fingerprint density at radius 3 is 2.58 bits per heavy atom. The number of aldehydes is 1. The number of hydrogen-bond donors (Lipinski definition) is 1. The molecular formula is C14H18BrNO3. The van der Waals surface area contributed by atoms with Crippen molar-refractivity contribution in [1.82, 2.24) is 5.32 Å². The van der Waals surface area contributed by atoms with E-state index in [9.17, 15) is 4.79 Å². The average Bonchev–Trinajstić information content (AvgIpc) is 2.46. The normalized spacial score (nSPS) is 19.0. The van der Waals surface area contributed by atoms with Gasteiger partial charge in [0.15, 0.2) is 17.8 Å². The highest BCUT2D eigenvalue weighted by Crippen LogP contribution is 2.42. The van der Waals surface area contributed by atoms with Crippen LogP contribution in [0.5, 0.6) is 11.5 Å². The summed E-state index contributed by atoms with van der Waals surface area (Å²) < 4.78 is 11.6. The van der Waals surface area contributed by atoms with Crippen LogP contribution in [0.3, 0.4) is 0 Å². The number of piperidine rings is 1. The van der Waals surface area contributed by atoms with E-state index in [1.54, 1.807) is 14.2 Å². The average molecular weight is 328 g/mol. The molecule has 4 nitrogen and oxygen atoms in total. The molecular weight excluding hydrogens is 310 g/mol. The number of benzene rings is 1. The SMILES string of the molecule is COc1c(C2CCCCN2)cc(Br)c(C=O)c1OC. The fourth-order valence-electron chi connectivity index (χ4n) is 2.54. The molecule has 1 fully saturated rings. The van der Waals surface area contributed by atoms with Gasteiger partial charge >= 0.3 is 0 Å². The van der Waals surface area contributed by atoms with Crippen molar-refractivity contribution in [3.8, 4) is 11.5 Å². The molecule has 0 radical (unpaired) electrons. The molecule has 1 aromatic rings. The Bertz CT molecular complexity index is 470. The van der Waals surface area contributed by atoms with Gasteiger partial charge in [-0.15, -0.1) is 0 Å². The maximum absolute atomic E-state index is 11.2. The van der Waals surface area contributed by atoms with Crippen LogP contribution in [0.4, 0.5) is 0 Å². The molecule has 0 aliphatic carbocycles. The van der Waals surface area contributed by atoms with Gasteiger partial charge in [0, 0.05) is 16.1 Å². The van der Waals surface area contributed by atoms with Crippen molar-refractivity contribution < 1.29 is 14.3 Å². The standard InChI is InChI=1S/C14H18BrNO3/c1-18-13-9(12-5-3-4-6-16-12)7-11(15)10(8-17)14(13)19-2/h7-8,12,16H,3-6H2,1-2H3. The van der Waals surface area contributed by atoms with Crippen molar-refractivity contribution in [2.45, 2.75) is 25.3 Å². The van der Waals surface area contributed by atoms with Gasteiger partial charge in [0.1, 0.15) is 0 Å². The molecule has 1 aliphatic rings. The van der Waals surface area contributed by atoms with E-state index < -0.39 is 0 Å². The van der Waals surface area contributed by atoms with Gasteiger partial charge in [-0.3, -0.25) is 4.79 Å². The zero-order chi connectivity index (χ0) is 13.8. The van der Waals surface area contributed by atoms with Crippen LogP contribution in [0.2, 0.25) is 0 Å². The van der Waals surface area contributed by atoms with Crippen molar-refractivity contribution in [1.29, 1.82) is 0 Å². The smallest absolute Gasteiger partial charge is 0.172 e. The first-order chi connectivity index (χ1) is 9.22. The molecule has 1 N–H and O–H groups in total. The van der Waals surface area contributed by atoms with E-state index in [0.29, 0.717) is 17.1 Å². The first kappa shape index (κ1) is 14.3.